The van der Waals surface area contributed by atoms with Gasteiger partial charge in [0.25, 0.3) is 5.56 Å². The van der Waals surface area contributed by atoms with Gasteiger partial charge in [0.2, 0.25) is 5.91 Å². The Balaban J connectivity index is 1.76. The number of hydrogen-bond acceptors (Lipinski definition) is 5. The first-order valence-corrected chi connectivity index (χ1v) is 8.22. The molecular weight excluding hydrogens is 322 g/mol. The number of nitrogens with one attached hydrogen (secondary N) is 1. The minimum absolute atomic E-state index is 0.133. The largest absolute Gasteiger partial charge is 0.497 e. The Kier molecular flexibility index (Phi) is 5.02. The first-order chi connectivity index (χ1) is 12.1. The Morgan fingerprint density at radius 3 is 2.48 bits per heavy atom. The number of ether oxygens (including phenoxy) is 2. The summed E-state index contributed by atoms with van der Waals surface area (Å²) in [4.78, 5) is 24.5. The third-order valence-electron chi connectivity index (χ3n) is 4.20. The molecule has 3 rings (SSSR count). The number of hydrogen-bond donors (Lipinski definition) is 1. The molecule has 0 radical (unpaired) electrons. The van der Waals surface area contributed by atoms with E-state index in [0.29, 0.717) is 17.2 Å². The van der Waals surface area contributed by atoms with Crippen molar-refractivity contribution in [3.05, 3.63) is 45.9 Å². The lowest BCUT2D eigenvalue weighted by Gasteiger charge is -2.16. The van der Waals surface area contributed by atoms with E-state index in [4.69, 9.17) is 9.47 Å². The summed E-state index contributed by atoms with van der Waals surface area (Å²) in [5.41, 5.74) is 2.21. The number of aryl methyl sites for hydroxylation is 2. The highest BCUT2D eigenvalue weighted by atomic mass is 16.5. The van der Waals surface area contributed by atoms with Crippen LogP contribution in [-0.2, 0) is 24.2 Å². The van der Waals surface area contributed by atoms with Gasteiger partial charge in [0, 0.05) is 30.0 Å². The Hall–Kier alpha value is -2.83. The number of benzene rings is 1. The monoisotopic (exact) mass is 343 g/mol. The fourth-order valence-electron chi connectivity index (χ4n) is 2.93. The predicted octanol–water partition coefficient (Wildman–Crippen LogP) is 1.78. The second kappa shape index (κ2) is 7.38. The van der Waals surface area contributed by atoms with E-state index < -0.39 is 0 Å². The van der Waals surface area contributed by atoms with Gasteiger partial charge in [-0.15, -0.1) is 0 Å². The van der Waals surface area contributed by atoms with Crippen LogP contribution in [-0.4, -0.2) is 29.9 Å². The summed E-state index contributed by atoms with van der Waals surface area (Å²) in [5, 5.41) is 7.10. The molecular formula is C18H21N3O4. The van der Waals surface area contributed by atoms with E-state index >= 15 is 0 Å². The Morgan fingerprint density at radius 1 is 1.12 bits per heavy atom. The van der Waals surface area contributed by atoms with Crippen LogP contribution in [0.5, 0.6) is 11.5 Å². The third-order valence-corrected chi connectivity index (χ3v) is 4.20. The van der Waals surface area contributed by atoms with Gasteiger partial charge in [-0.25, -0.2) is 4.68 Å². The molecule has 132 valence electrons. The number of carbonyl (C=O) groups is 1. The molecule has 1 aliphatic carbocycles. The molecule has 1 aliphatic rings. The fraction of sp³-hybridized carbons (Fsp3) is 0.389. The Bertz CT molecular complexity index is 822. The summed E-state index contributed by atoms with van der Waals surface area (Å²) >= 11 is 0. The van der Waals surface area contributed by atoms with E-state index in [2.05, 4.69) is 10.4 Å². The molecule has 7 nitrogen and oxygen atoms in total. The number of fused-ring (bicyclic) bond motifs is 1. The topological polar surface area (TPSA) is 82.5 Å². The molecule has 0 atom stereocenters. The smallest absolute Gasteiger partial charge is 0.267 e. The van der Waals surface area contributed by atoms with E-state index in [-0.39, 0.29) is 18.0 Å². The molecule has 1 aromatic carbocycles. The average molecular weight is 343 g/mol. The molecule has 0 fully saturated rings. The standard InChI is InChI=1S/C18H21N3O4/c1-24-14-8-13(9-15(10-14)25-2)19-17(22)11-21-18(23)7-12-5-3-4-6-16(12)20-21/h7-10H,3-6,11H2,1-2H3,(H,19,22). The molecule has 0 saturated carbocycles. The lowest BCUT2D eigenvalue weighted by molar-refractivity contribution is -0.117. The van der Waals surface area contributed by atoms with Gasteiger partial charge in [-0.3, -0.25) is 9.59 Å². The first-order valence-electron chi connectivity index (χ1n) is 8.22. The number of anilines is 1. The molecule has 0 aliphatic heterocycles. The van der Waals surface area contributed by atoms with Crippen LogP contribution in [0.4, 0.5) is 5.69 Å². The van der Waals surface area contributed by atoms with Gasteiger partial charge in [0.05, 0.1) is 19.9 Å². The fourth-order valence-corrected chi connectivity index (χ4v) is 2.93. The molecule has 1 N–H and O–H groups in total. The van der Waals surface area contributed by atoms with Crippen molar-refractivity contribution in [1.29, 1.82) is 0 Å². The van der Waals surface area contributed by atoms with Crippen molar-refractivity contribution in [3.8, 4) is 11.5 Å². The lowest BCUT2D eigenvalue weighted by atomic mass is 9.97. The van der Waals surface area contributed by atoms with Crippen LogP contribution in [0.1, 0.15) is 24.1 Å². The molecule has 25 heavy (non-hydrogen) atoms. The molecule has 2 aromatic rings. The van der Waals surface area contributed by atoms with Gasteiger partial charge in [-0.1, -0.05) is 0 Å². The van der Waals surface area contributed by atoms with Crippen LogP contribution in [0.15, 0.2) is 29.1 Å². The van der Waals surface area contributed by atoms with Crippen LogP contribution >= 0.6 is 0 Å². The predicted molar refractivity (Wildman–Crippen MR) is 93.3 cm³/mol. The van der Waals surface area contributed by atoms with Gasteiger partial charge in [-0.2, -0.15) is 5.10 Å². The minimum atomic E-state index is -0.333. The Morgan fingerprint density at radius 2 is 1.80 bits per heavy atom. The molecule has 0 bridgehead atoms. The normalized spacial score (nSPS) is 13.0. The van der Waals surface area contributed by atoms with Crippen LogP contribution in [0.3, 0.4) is 0 Å². The van der Waals surface area contributed by atoms with Gasteiger partial charge < -0.3 is 14.8 Å². The summed E-state index contributed by atoms with van der Waals surface area (Å²) in [6.45, 7) is -0.133. The van der Waals surface area contributed by atoms with Crippen molar-refractivity contribution in [1.82, 2.24) is 9.78 Å². The van der Waals surface area contributed by atoms with Crippen molar-refractivity contribution in [2.75, 3.05) is 19.5 Å². The molecule has 1 aromatic heterocycles. The molecule has 0 unspecified atom stereocenters. The van der Waals surface area contributed by atoms with Gasteiger partial charge in [-0.05, 0) is 31.2 Å². The maximum absolute atomic E-state index is 12.3. The quantitative estimate of drug-likeness (QED) is 0.895. The minimum Gasteiger partial charge on any atom is -0.497 e. The number of methoxy groups -OCH3 is 2. The second-order valence-corrected chi connectivity index (χ2v) is 5.97. The summed E-state index contributed by atoms with van der Waals surface area (Å²) < 4.78 is 11.6. The highest BCUT2D eigenvalue weighted by molar-refractivity contribution is 5.91. The van der Waals surface area contributed by atoms with Gasteiger partial charge in [0.15, 0.2) is 0 Å². The van der Waals surface area contributed by atoms with E-state index in [0.717, 1.165) is 36.9 Å². The molecule has 1 amide bonds. The van der Waals surface area contributed by atoms with E-state index in [1.165, 1.54) is 18.9 Å². The highest BCUT2D eigenvalue weighted by Gasteiger charge is 2.15. The number of aromatic nitrogens is 2. The first kappa shape index (κ1) is 17.0. The number of carbonyl (C=O) groups excluding carboxylic acids is 1. The van der Waals surface area contributed by atoms with E-state index in [1.54, 1.807) is 24.3 Å². The van der Waals surface area contributed by atoms with Crippen molar-refractivity contribution in [3.63, 3.8) is 0 Å². The Labute approximate surface area is 145 Å². The molecule has 1 heterocycles. The van der Waals surface area contributed by atoms with Crippen molar-refractivity contribution in [2.45, 2.75) is 32.2 Å². The van der Waals surface area contributed by atoms with Crippen LogP contribution in [0.2, 0.25) is 0 Å². The zero-order chi connectivity index (χ0) is 17.8. The van der Waals surface area contributed by atoms with Crippen LogP contribution in [0.25, 0.3) is 0 Å². The zero-order valence-corrected chi connectivity index (χ0v) is 14.4. The molecule has 7 heteroatoms. The van der Waals surface area contributed by atoms with E-state index in [9.17, 15) is 9.59 Å². The summed E-state index contributed by atoms with van der Waals surface area (Å²) in [6.07, 6.45) is 3.88. The van der Waals surface area contributed by atoms with Crippen LogP contribution in [0, 0.1) is 0 Å². The van der Waals surface area contributed by atoms with Gasteiger partial charge >= 0.3 is 0 Å². The van der Waals surface area contributed by atoms with Crippen molar-refractivity contribution < 1.29 is 14.3 Å². The summed E-state index contributed by atoms with van der Waals surface area (Å²) in [6, 6.07) is 6.68. The van der Waals surface area contributed by atoms with Crippen molar-refractivity contribution >= 4 is 11.6 Å². The average Bonchev–Trinajstić information content (AvgIpc) is 2.61. The van der Waals surface area contributed by atoms with Gasteiger partial charge in [0.1, 0.15) is 18.0 Å². The third kappa shape index (κ3) is 3.99. The number of nitrogens with zero attached hydrogens (tertiary/aromatic N) is 2. The summed E-state index contributed by atoms with van der Waals surface area (Å²) in [5.74, 6) is 0.804. The SMILES string of the molecule is COc1cc(NC(=O)Cn2nc3c(cc2=O)CCCC3)cc(OC)c1. The highest BCUT2D eigenvalue weighted by Crippen LogP contribution is 2.25. The van der Waals surface area contributed by atoms with Crippen LogP contribution < -0.4 is 20.3 Å². The summed E-state index contributed by atoms with van der Waals surface area (Å²) in [7, 11) is 3.08. The van der Waals surface area contributed by atoms with Crippen molar-refractivity contribution in [2.24, 2.45) is 0 Å². The lowest BCUT2D eigenvalue weighted by Crippen LogP contribution is -2.31. The zero-order valence-electron chi connectivity index (χ0n) is 14.4. The molecule has 0 saturated heterocycles. The second-order valence-electron chi connectivity index (χ2n) is 5.97. The maximum Gasteiger partial charge on any atom is 0.267 e. The molecule has 0 spiro atoms. The van der Waals surface area contributed by atoms with E-state index in [1.807, 2.05) is 0 Å². The maximum atomic E-state index is 12.3. The number of amides is 1. The number of rotatable bonds is 5.